The van der Waals surface area contributed by atoms with Crippen molar-refractivity contribution in [2.24, 2.45) is 0 Å². The van der Waals surface area contributed by atoms with Crippen molar-refractivity contribution in [3.05, 3.63) is 135 Å². The van der Waals surface area contributed by atoms with E-state index < -0.39 is 22.2 Å². The summed E-state index contributed by atoms with van der Waals surface area (Å²) in [5.74, 6) is 0.173. The van der Waals surface area contributed by atoms with Crippen LogP contribution < -0.4 is 22.2 Å². The van der Waals surface area contributed by atoms with Crippen molar-refractivity contribution in [2.45, 2.75) is 0 Å². The molecule has 0 aliphatic rings. The third-order valence-electron chi connectivity index (χ3n) is 7.65. The predicted molar refractivity (Wildman–Crippen MR) is 157 cm³/mol. The molecule has 0 spiro atoms. The number of hydrogen-bond donors (Lipinski definition) is 3. The van der Waals surface area contributed by atoms with E-state index in [4.69, 9.17) is 9.97 Å². The van der Waals surface area contributed by atoms with Gasteiger partial charge in [0.15, 0.2) is 0 Å². The molecule has 3 N–H and O–H groups in total. The molecule has 0 bridgehead atoms. The van der Waals surface area contributed by atoms with E-state index in [0.717, 1.165) is 0 Å². The molecule has 9 rings (SSSR count). The van der Waals surface area contributed by atoms with Crippen LogP contribution in [0.4, 0.5) is 0 Å². The summed E-state index contributed by atoms with van der Waals surface area (Å²) in [6.07, 6.45) is 0. The maximum Gasteiger partial charge on any atom is 0.273 e. The molecule has 6 heterocycles. The summed E-state index contributed by atoms with van der Waals surface area (Å²) in [4.78, 5) is 81.6. The summed E-state index contributed by atoms with van der Waals surface area (Å²) in [5, 5.41) is -0.504. The smallest absolute Gasteiger partial charge is 0.273 e. The fourth-order valence-electron chi connectivity index (χ4n) is 5.77. The molecule has 0 atom stereocenters. The molecule has 6 aromatic heterocycles. The van der Waals surface area contributed by atoms with Gasteiger partial charge < -0.3 is 4.98 Å². The van der Waals surface area contributed by atoms with Crippen molar-refractivity contribution in [3.8, 4) is 0 Å². The van der Waals surface area contributed by atoms with Gasteiger partial charge in [-0.1, -0.05) is 36.4 Å². The SMILES string of the molecule is O=c1[nH]c2nc3ccccc3n2c(=O)/c1=c1\[nH]/c(=c2\c(=O)[nH]c3nc4ccccc4n3c2=O)c2nc3ccccc3nc12. The highest BCUT2D eigenvalue weighted by Crippen LogP contribution is 2.19. The summed E-state index contributed by atoms with van der Waals surface area (Å²) in [6, 6.07) is 21.0. The van der Waals surface area contributed by atoms with E-state index in [2.05, 4.69) is 24.9 Å². The molecule has 0 aliphatic carbocycles. The van der Waals surface area contributed by atoms with E-state index in [1.807, 2.05) is 0 Å². The average Bonchev–Trinajstić information content (AvgIpc) is 3.67. The molecule has 0 amide bonds. The van der Waals surface area contributed by atoms with Crippen molar-refractivity contribution in [1.29, 1.82) is 0 Å². The summed E-state index contributed by atoms with van der Waals surface area (Å²) < 4.78 is 2.62. The predicted octanol–water partition coefficient (Wildman–Crippen LogP) is 1.82. The van der Waals surface area contributed by atoms with Gasteiger partial charge in [0.2, 0.25) is 11.6 Å². The molecular weight excluding hydrogens is 550 g/mol. The first kappa shape index (κ1) is 23.2. The highest BCUT2D eigenvalue weighted by atomic mass is 16.2. The Morgan fingerprint density at radius 1 is 0.465 bits per heavy atom. The number of hydrogen-bond acceptors (Lipinski definition) is 8. The van der Waals surface area contributed by atoms with Gasteiger partial charge in [0, 0.05) is 0 Å². The number of aromatic amines is 3. The van der Waals surface area contributed by atoms with Crippen molar-refractivity contribution < 1.29 is 0 Å². The molecule has 0 saturated heterocycles. The molecule has 0 saturated carbocycles. The minimum absolute atomic E-state index is 0.0172. The molecule has 0 aliphatic heterocycles. The van der Waals surface area contributed by atoms with Gasteiger partial charge in [-0.3, -0.25) is 29.1 Å². The highest BCUT2D eigenvalue weighted by molar-refractivity contribution is 5.87. The maximum absolute atomic E-state index is 14.0. The Morgan fingerprint density at radius 3 is 1.30 bits per heavy atom. The van der Waals surface area contributed by atoms with Crippen molar-refractivity contribution in [3.63, 3.8) is 0 Å². The standard InChI is InChI=1S/C30H15N9O4/c40-25-19(27(42)38-17-11-5-3-9-15(17)33-29(38)36-25)21-23-24(32-14-8-2-1-7-13(14)31-23)22(35-21)20-26(41)37-30-34-16-10-4-6-12-18(16)39(30)28(20)43/h1-12,35H,(H,33,36,40)(H,34,37,41)/b21-19-,22-20+. The molecule has 0 unspecified atom stereocenters. The zero-order chi connectivity index (χ0) is 29.0. The zero-order valence-electron chi connectivity index (χ0n) is 21.7. The van der Waals surface area contributed by atoms with Gasteiger partial charge in [-0.05, 0) is 36.4 Å². The second-order valence-corrected chi connectivity index (χ2v) is 10.1. The van der Waals surface area contributed by atoms with E-state index in [9.17, 15) is 19.2 Å². The first-order valence-electron chi connectivity index (χ1n) is 13.2. The molecule has 3 aromatic carbocycles. The van der Waals surface area contributed by atoms with Crippen LogP contribution in [0.3, 0.4) is 0 Å². The number of aromatic nitrogens is 9. The van der Waals surface area contributed by atoms with Crippen LogP contribution in [0.15, 0.2) is 92.0 Å². The number of fused-ring (bicyclic) bond motifs is 8. The minimum Gasteiger partial charge on any atom is -0.350 e. The molecule has 13 heteroatoms. The number of nitrogens with zero attached hydrogens (tertiary/aromatic N) is 6. The number of imidazole rings is 2. The van der Waals surface area contributed by atoms with Gasteiger partial charge in [-0.15, -0.1) is 0 Å². The van der Waals surface area contributed by atoms with Gasteiger partial charge in [0.05, 0.1) is 43.8 Å². The number of para-hydroxylation sites is 6. The van der Waals surface area contributed by atoms with E-state index in [-0.39, 0.29) is 43.7 Å². The lowest BCUT2D eigenvalue weighted by Crippen LogP contribution is -2.26. The number of benzene rings is 3. The molecule has 0 fully saturated rings. The van der Waals surface area contributed by atoms with Crippen LogP contribution in [0, 0.1) is 21.1 Å². The molecule has 13 nitrogen and oxygen atoms in total. The Hall–Kier alpha value is -6.50. The van der Waals surface area contributed by atoms with E-state index in [1.54, 1.807) is 72.8 Å². The highest BCUT2D eigenvalue weighted by Gasteiger charge is 2.17. The quantitative estimate of drug-likeness (QED) is 0.249. The first-order chi connectivity index (χ1) is 21.0. The zero-order valence-corrected chi connectivity index (χ0v) is 21.7. The Balaban J connectivity index is 1.62. The van der Waals surface area contributed by atoms with Crippen molar-refractivity contribution in [1.82, 2.24) is 43.7 Å². The Bertz CT molecular complexity index is 2910. The maximum atomic E-state index is 14.0. The monoisotopic (exact) mass is 565 g/mol. The number of H-pyrrole nitrogens is 3. The lowest BCUT2D eigenvalue weighted by atomic mass is 10.2. The average molecular weight is 566 g/mol. The van der Waals surface area contributed by atoms with E-state index in [0.29, 0.717) is 33.1 Å². The fourth-order valence-corrected chi connectivity index (χ4v) is 5.77. The van der Waals surface area contributed by atoms with Gasteiger partial charge in [0.25, 0.3) is 22.2 Å². The van der Waals surface area contributed by atoms with Crippen LogP contribution in [0.2, 0.25) is 0 Å². The lowest BCUT2D eigenvalue weighted by Gasteiger charge is -1.97. The molecule has 204 valence electrons. The third kappa shape index (κ3) is 3.04. The van der Waals surface area contributed by atoms with Crippen LogP contribution in [0.1, 0.15) is 0 Å². The van der Waals surface area contributed by atoms with Gasteiger partial charge in [-0.2, -0.15) is 0 Å². The Kier molecular flexibility index (Phi) is 4.34. The van der Waals surface area contributed by atoms with Gasteiger partial charge in [0.1, 0.15) is 21.5 Å². The third-order valence-corrected chi connectivity index (χ3v) is 7.65. The second kappa shape index (κ2) is 8.04. The van der Waals surface area contributed by atoms with Crippen molar-refractivity contribution in [2.75, 3.05) is 0 Å². The van der Waals surface area contributed by atoms with Crippen LogP contribution in [-0.2, 0) is 0 Å². The summed E-state index contributed by atoms with van der Waals surface area (Å²) in [6.45, 7) is 0. The Labute approximate surface area is 234 Å². The van der Waals surface area contributed by atoms with Crippen LogP contribution >= 0.6 is 0 Å². The largest absolute Gasteiger partial charge is 0.350 e. The lowest BCUT2D eigenvalue weighted by molar-refractivity contribution is 1.00. The fraction of sp³-hybridized carbons (Fsp3) is 0. The van der Waals surface area contributed by atoms with E-state index >= 15 is 0 Å². The summed E-state index contributed by atoms with van der Waals surface area (Å²) in [7, 11) is 0. The molecular formula is C30H15N9O4. The van der Waals surface area contributed by atoms with Crippen LogP contribution in [0.5, 0.6) is 0 Å². The van der Waals surface area contributed by atoms with Crippen LogP contribution in [0.25, 0.3) is 55.7 Å². The minimum atomic E-state index is -0.718. The Morgan fingerprint density at radius 2 is 0.860 bits per heavy atom. The second-order valence-electron chi connectivity index (χ2n) is 10.1. The topological polar surface area (TPSA) is 176 Å². The summed E-state index contributed by atoms with van der Waals surface area (Å²) in [5.41, 5.74) is 0.607. The molecule has 0 radical (unpaired) electrons. The summed E-state index contributed by atoms with van der Waals surface area (Å²) >= 11 is 0. The first-order valence-corrected chi connectivity index (χ1v) is 13.2. The van der Waals surface area contributed by atoms with E-state index in [1.165, 1.54) is 8.80 Å². The normalized spacial score (nSPS) is 13.8. The number of rotatable bonds is 0. The van der Waals surface area contributed by atoms with Crippen LogP contribution in [-0.4, -0.2) is 43.7 Å². The van der Waals surface area contributed by atoms with Gasteiger partial charge in [-0.25, -0.2) is 28.7 Å². The molecule has 43 heavy (non-hydrogen) atoms. The van der Waals surface area contributed by atoms with Crippen molar-refractivity contribution >= 4 is 55.7 Å². The van der Waals surface area contributed by atoms with Gasteiger partial charge >= 0.3 is 0 Å². The molecule has 9 aromatic rings. The number of nitrogens with one attached hydrogen (secondary N) is 3.